The van der Waals surface area contributed by atoms with Gasteiger partial charge in [-0.3, -0.25) is 10.2 Å². The van der Waals surface area contributed by atoms with Gasteiger partial charge in [-0.2, -0.15) is 0 Å². The van der Waals surface area contributed by atoms with Crippen LogP contribution in [0.5, 0.6) is 0 Å². The molecule has 2 aliphatic rings. The lowest BCUT2D eigenvalue weighted by Crippen LogP contribution is -2.48. The largest absolute Gasteiger partial charge is 0.481 e. The Morgan fingerprint density at radius 3 is 2.52 bits per heavy atom. The Kier molecular flexibility index (Phi) is 8.48. The van der Waals surface area contributed by atoms with Crippen LogP contribution in [0.1, 0.15) is 64.7 Å². The van der Waals surface area contributed by atoms with Crippen LogP contribution in [-0.2, 0) is 9.53 Å². The molecule has 0 unspecified atom stereocenters. The van der Waals surface area contributed by atoms with Crippen LogP contribution >= 0.6 is 0 Å². The summed E-state index contributed by atoms with van der Waals surface area (Å²) in [5.74, 6) is 0.290. The van der Waals surface area contributed by atoms with Crippen molar-refractivity contribution in [3.8, 4) is 0 Å². The van der Waals surface area contributed by atoms with E-state index in [0.29, 0.717) is 30.6 Å². The lowest BCUT2D eigenvalue weighted by atomic mass is 9.76. The molecule has 2 saturated heterocycles. The Morgan fingerprint density at radius 1 is 1.08 bits per heavy atom. The minimum Gasteiger partial charge on any atom is -0.481 e. The summed E-state index contributed by atoms with van der Waals surface area (Å²) in [7, 11) is 0. The zero-order valence-electron chi connectivity index (χ0n) is 15.3. The number of hydrogen-bond acceptors (Lipinski definition) is 4. The summed E-state index contributed by atoms with van der Waals surface area (Å²) in [5, 5.41) is 11.4. The summed E-state index contributed by atoms with van der Waals surface area (Å²) >= 11 is 0. The minimum absolute atomic E-state index is 0.180. The maximum Gasteiger partial charge on any atom is 0.329 e. The summed E-state index contributed by atoms with van der Waals surface area (Å²) in [5.41, 5.74) is 5.77. The first-order valence-electron chi connectivity index (χ1n) is 9.75. The second-order valence-electron chi connectivity index (χ2n) is 7.23. The fraction of sp³-hybridized carbons (Fsp3) is 0.889. The van der Waals surface area contributed by atoms with Crippen molar-refractivity contribution in [1.29, 1.82) is 0 Å². The highest BCUT2D eigenvalue weighted by Gasteiger charge is 2.47. The number of urea groups is 1. The van der Waals surface area contributed by atoms with Gasteiger partial charge >= 0.3 is 12.0 Å². The molecule has 0 radical (unpaired) electrons. The molecule has 0 aliphatic carbocycles. The molecule has 144 valence electrons. The topological polar surface area (TPSA) is 99.7 Å². The van der Waals surface area contributed by atoms with Crippen LogP contribution < -0.4 is 16.2 Å². The molecule has 0 aromatic heterocycles. The number of amides is 2. The average Bonchev–Trinajstić information content (AvgIpc) is 3.18. The Bertz CT molecular complexity index is 433. The van der Waals surface area contributed by atoms with Gasteiger partial charge in [-0.15, -0.1) is 0 Å². The van der Waals surface area contributed by atoms with Gasteiger partial charge < -0.3 is 15.2 Å². The molecule has 2 amide bonds. The lowest BCUT2D eigenvalue weighted by molar-refractivity contribution is -0.137. The van der Waals surface area contributed by atoms with E-state index >= 15 is 0 Å². The Morgan fingerprint density at radius 2 is 1.80 bits per heavy atom. The van der Waals surface area contributed by atoms with Crippen LogP contribution in [-0.4, -0.2) is 42.4 Å². The monoisotopic (exact) mass is 355 g/mol. The third-order valence-electron chi connectivity index (χ3n) is 5.34. The van der Waals surface area contributed by atoms with E-state index in [1.54, 1.807) is 0 Å². The number of unbranched alkanes of at least 4 members (excludes halogenated alkanes) is 3. The number of carboxylic acids is 1. The number of carboxylic acid groups (broad SMARTS) is 1. The van der Waals surface area contributed by atoms with Gasteiger partial charge in [0.2, 0.25) is 0 Å². The molecule has 2 aliphatic heterocycles. The quantitative estimate of drug-likeness (QED) is 0.318. The molecule has 2 heterocycles. The molecule has 7 heteroatoms. The summed E-state index contributed by atoms with van der Waals surface area (Å²) in [6.45, 7) is 3.44. The number of hydrazine groups is 1. The molecule has 4 atom stereocenters. The zero-order valence-corrected chi connectivity index (χ0v) is 15.3. The number of fused-ring (bicyclic) bond motifs is 2. The molecule has 2 fully saturated rings. The van der Waals surface area contributed by atoms with Crippen LogP contribution in [0.4, 0.5) is 4.79 Å². The van der Waals surface area contributed by atoms with Gasteiger partial charge in [0.25, 0.3) is 0 Å². The maximum absolute atomic E-state index is 11.6. The highest BCUT2D eigenvalue weighted by atomic mass is 16.5. The predicted molar refractivity (Wildman–Crippen MR) is 95.0 cm³/mol. The van der Waals surface area contributed by atoms with Gasteiger partial charge in [-0.25, -0.2) is 10.2 Å². The third-order valence-corrected chi connectivity index (χ3v) is 5.34. The van der Waals surface area contributed by atoms with E-state index in [4.69, 9.17) is 9.84 Å². The van der Waals surface area contributed by atoms with Crippen molar-refractivity contribution < 1.29 is 19.4 Å². The molecule has 0 aromatic rings. The smallest absolute Gasteiger partial charge is 0.329 e. The molecular formula is C18H33N3O4. The van der Waals surface area contributed by atoms with Crippen molar-refractivity contribution in [2.24, 2.45) is 11.8 Å². The van der Waals surface area contributed by atoms with E-state index in [1.165, 1.54) is 0 Å². The van der Waals surface area contributed by atoms with Crippen LogP contribution in [0.25, 0.3) is 0 Å². The summed E-state index contributed by atoms with van der Waals surface area (Å²) < 4.78 is 6.08. The summed E-state index contributed by atoms with van der Waals surface area (Å²) in [4.78, 5) is 22.1. The first kappa shape index (κ1) is 20.0. The Labute approximate surface area is 150 Å². The number of nitrogens with one attached hydrogen (secondary N) is 3. The fourth-order valence-corrected chi connectivity index (χ4v) is 4.10. The fourth-order valence-electron chi connectivity index (χ4n) is 4.10. The van der Waals surface area contributed by atoms with Gasteiger partial charge in [0.05, 0.1) is 12.2 Å². The molecule has 0 saturated carbocycles. The molecule has 25 heavy (non-hydrogen) atoms. The average molecular weight is 355 g/mol. The van der Waals surface area contributed by atoms with Gasteiger partial charge in [0.1, 0.15) is 0 Å². The number of ether oxygens (including phenoxy) is 1. The highest BCUT2D eigenvalue weighted by molar-refractivity contribution is 5.73. The first-order valence-corrected chi connectivity index (χ1v) is 9.75. The number of rotatable bonds is 12. The standard InChI is InChI=1S/C18H33N3O4/c1-2-11-19-18(24)21-20-12-14-13(15-9-10-16(14)25-15)7-5-3-4-6-8-17(22)23/h13-16,20H,2-12H2,1H3,(H,22,23)(H2,19,21,24)/t13-,14-,15+,16-/m1/s1. The van der Waals surface area contributed by atoms with Crippen LogP contribution in [0, 0.1) is 11.8 Å². The SMILES string of the molecule is CCCNC(=O)NNC[C@@H]1[C@@H](CCCCCCC(=O)O)[C@@H]2CC[C@H]1O2. The normalized spacial score (nSPS) is 27.4. The van der Waals surface area contributed by atoms with Gasteiger partial charge in [-0.1, -0.05) is 26.2 Å². The van der Waals surface area contributed by atoms with Crippen LogP contribution in [0.15, 0.2) is 0 Å². The number of carbonyl (C=O) groups is 2. The maximum atomic E-state index is 11.6. The molecule has 2 bridgehead atoms. The molecule has 0 spiro atoms. The van der Waals surface area contributed by atoms with Crippen LogP contribution in [0.2, 0.25) is 0 Å². The molecule has 4 N–H and O–H groups in total. The van der Waals surface area contributed by atoms with Crippen molar-refractivity contribution in [3.63, 3.8) is 0 Å². The van der Waals surface area contributed by atoms with Crippen molar-refractivity contribution >= 4 is 12.0 Å². The van der Waals surface area contributed by atoms with Gasteiger partial charge in [-0.05, 0) is 38.0 Å². The highest BCUT2D eigenvalue weighted by Crippen LogP contribution is 2.45. The van der Waals surface area contributed by atoms with E-state index in [1.807, 2.05) is 6.92 Å². The second kappa shape index (κ2) is 10.6. The third kappa shape index (κ3) is 6.47. The van der Waals surface area contributed by atoms with E-state index in [2.05, 4.69) is 16.2 Å². The number of aliphatic carboxylic acids is 1. The van der Waals surface area contributed by atoms with Crippen molar-refractivity contribution in [2.75, 3.05) is 13.1 Å². The van der Waals surface area contributed by atoms with Crippen molar-refractivity contribution in [1.82, 2.24) is 16.2 Å². The zero-order chi connectivity index (χ0) is 18.1. The lowest BCUT2D eigenvalue weighted by Gasteiger charge is -2.28. The predicted octanol–water partition coefficient (Wildman–Crippen LogP) is 2.42. The Balaban J connectivity index is 1.64. The Hall–Kier alpha value is -1.34. The van der Waals surface area contributed by atoms with Gasteiger partial charge in [0, 0.05) is 25.4 Å². The molecule has 7 nitrogen and oxygen atoms in total. The number of carbonyl (C=O) groups excluding carboxylic acids is 1. The molecular weight excluding hydrogens is 322 g/mol. The van der Waals surface area contributed by atoms with Crippen molar-refractivity contribution in [3.05, 3.63) is 0 Å². The summed E-state index contributed by atoms with van der Waals surface area (Å²) in [6.07, 6.45) is 9.22. The van der Waals surface area contributed by atoms with E-state index in [-0.39, 0.29) is 12.5 Å². The second-order valence-corrected chi connectivity index (χ2v) is 7.23. The minimum atomic E-state index is -0.705. The van der Waals surface area contributed by atoms with E-state index < -0.39 is 5.97 Å². The first-order chi connectivity index (χ1) is 12.1. The van der Waals surface area contributed by atoms with Crippen LogP contribution in [0.3, 0.4) is 0 Å². The van der Waals surface area contributed by atoms with Crippen molar-refractivity contribution in [2.45, 2.75) is 76.9 Å². The van der Waals surface area contributed by atoms with E-state index in [0.717, 1.165) is 57.9 Å². The molecule has 0 aromatic carbocycles. The number of hydrogen-bond donors (Lipinski definition) is 4. The molecule has 2 rings (SSSR count). The van der Waals surface area contributed by atoms with Gasteiger partial charge in [0.15, 0.2) is 0 Å². The summed E-state index contributed by atoms with van der Waals surface area (Å²) in [6, 6.07) is -0.180. The van der Waals surface area contributed by atoms with E-state index in [9.17, 15) is 9.59 Å².